The van der Waals surface area contributed by atoms with Crippen LogP contribution >= 0.6 is 0 Å². The van der Waals surface area contributed by atoms with Gasteiger partial charge in [0, 0.05) is 18.8 Å². The fourth-order valence-electron chi connectivity index (χ4n) is 1.01. The molecule has 0 saturated carbocycles. The highest BCUT2D eigenvalue weighted by atomic mass is 32.2. The van der Waals surface area contributed by atoms with Crippen molar-refractivity contribution in [2.75, 3.05) is 7.11 Å². The van der Waals surface area contributed by atoms with Gasteiger partial charge in [-0.05, 0) is 12.5 Å². The van der Waals surface area contributed by atoms with E-state index in [4.69, 9.17) is 10.00 Å². The van der Waals surface area contributed by atoms with Crippen LogP contribution in [0.3, 0.4) is 0 Å². The summed E-state index contributed by atoms with van der Waals surface area (Å²) in [6.07, 6.45) is 1.51. The summed E-state index contributed by atoms with van der Waals surface area (Å²) in [5, 5.41) is 7.46. The van der Waals surface area contributed by atoms with Crippen LogP contribution < -0.4 is 9.46 Å². The summed E-state index contributed by atoms with van der Waals surface area (Å²) >= 11 is 0. The Morgan fingerprint density at radius 2 is 2.29 bits per heavy atom. The molecule has 6 nitrogen and oxygen atoms in total. The minimum absolute atomic E-state index is 0.103. The quantitative estimate of drug-likeness (QED) is 0.823. The van der Waals surface area contributed by atoms with E-state index < -0.39 is 15.3 Å². The third kappa shape index (κ3) is 3.69. The van der Waals surface area contributed by atoms with E-state index in [1.165, 1.54) is 20.2 Å². The summed E-state index contributed by atoms with van der Waals surface area (Å²) in [5.41, 5.74) is 0.694. The van der Waals surface area contributed by atoms with Gasteiger partial charge >= 0.3 is 0 Å². The summed E-state index contributed by atoms with van der Waals surface area (Å²) in [7, 11) is -2.10. The van der Waals surface area contributed by atoms with E-state index in [1.807, 2.05) is 0 Å². The van der Waals surface area contributed by atoms with Crippen LogP contribution in [0, 0.1) is 11.3 Å². The standard InChI is InChI=1S/C10H13N3O3S/c1-8(5-11)17(14,15)13-7-9-3-4-10(16-2)12-6-9/h3-4,6,8,13H,7H2,1-2H3. The van der Waals surface area contributed by atoms with Gasteiger partial charge in [-0.3, -0.25) is 0 Å². The molecular weight excluding hydrogens is 242 g/mol. The molecule has 7 heteroatoms. The average Bonchev–Trinajstić information content (AvgIpc) is 2.36. The molecule has 0 aliphatic rings. The molecule has 0 spiro atoms. The van der Waals surface area contributed by atoms with Gasteiger partial charge < -0.3 is 4.74 Å². The van der Waals surface area contributed by atoms with Crippen molar-refractivity contribution in [3.63, 3.8) is 0 Å². The number of nitriles is 1. The highest BCUT2D eigenvalue weighted by molar-refractivity contribution is 7.90. The molecule has 0 saturated heterocycles. The van der Waals surface area contributed by atoms with Crippen molar-refractivity contribution in [3.8, 4) is 11.9 Å². The Kier molecular flexibility index (Phi) is 4.43. The molecule has 1 unspecified atom stereocenters. The van der Waals surface area contributed by atoms with Gasteiger partial charge in [-0.15, -0.1) is 0 Å². The second-order valence-corrected chi connectivity index (χ2v) is 5.43. The van der Waals surface area contributed by atoms with Crippen LogP contribution in [0.5, 0.6) is 5.88 Å². The summed E-state index contributed by atoms with van der Waals surface area (Å²) in [6.45, 7) is 1.43. The first kappa shape index (κ1) is 13.4. The minimum atomic E-state index is -3.59. The van der Waals surface area contributed by atoms with E-state index in [2.05, 4.69) is 9.71 Å². The summed E-state index contributed by atoms with van der Waals surface area (Å²) in [4.78, 5) is 3.94. The van der Waals surface area contributed by atoms with Gasteiger partial charge in [-0.25, -0.2) is 18.1 Å². The number of pyridine rings is 1. The molecule has 0 fully saturated rings. The highest BCUT2D eigenvalue weighted by Crippen LogP contribution is 2.07. The smallest absolute Gasteiger partial charge is 0.227 e. The van der Waals surface area contributed by atoms with Crippen molar-refractivity contribution in [1.82, 2.24) is 9.71 Å². The molecule has 1 N–H and O–H groups in total. The molecule has 0 amide bonds. The lowest BCUT2D eigenvalue weighted by molar-refractivity contribution is 0.397. The molecule has 0 aliphatic carbocycles. The van der Waals surface area contributed by atoms with Gasteiger partial charge in [0.05, 0.1) is 13.2 Å². The van der Waals surface area contributed by atoms with E-state index in [9.17, 15) is 8.42 Å². The van der Waals surface area contributed by atoms with Gasteiger partial charge in [0.1, 0.15) is 0 Å². The molecule has 1 aromatic heterocycles. The first-order valence-corrected chi connectivity index (χ1v) is 6.41. The normalized spacial score (nSPS) is 12.8. The molecular formula is C10H13N3O3S. The zero-order chi connectivity index (χ0) is 12.9. The molecule has 1 rings (SSSR count). The first-order valence-electron chi connectivity index (χ1n) is 4.86. The van der Waals surface area contributed by atoms with Crippen LogP contribution in [-0.2, 0) is 16.6 Å². The zero-order valence-electron chi connectivity index (χ0n) is 9.54. The van der Waals surface area contributed by atoms with Crippen molar-refractivity contribution < 1.29 is 13.2 Å². The third-order valence-electron chi connectivity index (χ3n) is 2.13. The van der Waals surface area contributed by atoms with E-state index in [1.54, 1.807) is 18.2 Å². The molecule has 0 aromatic carbocycles. The Labute approximate surface area is 100 Å². The predicted octanol–water partition coefficient (Wildman–Crippen LogP) is 0.422. The summed E-state index contributed by atoms with van der Waals surface area (Å²) < 4.78 is 30.2. The van der Waals surface area contributed by atoms with Gasteiger partial charge in [0.15, 0.2) is 5.25 Å². The number of rotatable bonds is 5. The topological polar surface area (TPSA) is 92.1 Å². The molecule has 0 aliphatic heterocycles. The van der Waals surface area contributed by atoms with Crippen LogP contribution in [0.1, 0.15) is 12.5 Å². The molecule has 1 heterocycles. The van der Waals surface area contributed by atoms with E-state index >= 15 is 0 Å². The SMILES string of the molecule is COc1ccc(CNS(=O)(=O)C(C)C#N)cn1. The number of nitrogens with one attached hydrogen (secondary N) is 1. The summed E-state index contributed by atoms with van der Waals surface area (Å²) in [5.74, 6) is 0.460. The molecule has 1 atom stereocenters. The maximum Gasteiger partial charge on any atom is 0.227 e. The number of aromatic nitrogens is 1. The number of nitrogens with zero attached hydrogens (tertiary/aromatic N) is 2. The fraction of sp³-hybridized carbons (Fsp3) is 0.400. The average molecular weight is 255 g/mol. The third-order valence-corrected chi connectivity index (χ3v) is 3.71. The Morgan fingerprint density at radius 1 is 1.59 bits per heavy atom. The lowest BCUT2D eigenvalue weighted by Gasteiger charge is -2.07. The number of hydrogen-bond acceptors (Lipinski definition) is 5. The lowest BCUT2D eigenvalue weighted by atomic mass is 10.3. The Bertz CT molecular complexity index is 505. The van der Waals surface area contributed by atoms with Gasteiger partial charge in [-0.1, -0.05) is 6.07 Å². The predicted molar refractivity (Wildman–Crippen MR) is 61.6 cm³/mol. The second kappa shape index (κ2) is 5.61. The second-order valence-electron chi connectivity index (χ2n) is 3.35. The molecule has 0 bridgehead atoms. The van der Waals surface area contributed by atoms with Crippen molar-refractivity contribution >= 4 is 10.0 Å². The summed E-state index contributed by atoms with van der Waals surface area (Å²) in [6, 6.07) is 5.01. The molecule has 92 valence electrons. The molecule has 1 aromatic rings. The monoisotopic (exact) mass is 255 g/mol. The van der Waals surface area contributed by atoms with Crippen LogP contribution in [-0.4, -0.2) is 25.8 Å². The molecule has 0 radical (unpaired) electrons. The van der Waals surface area contributed by atoms with Crippen LogP contribution in [0.15, 0.2) is 18.3 Å². The zero-order valence-corrected chi connectivity index (χ0v) is 10.4. The Hall–Kier alpha value is -1.65. The lowest BCUT2D eigenvalue weighted by Crippen LogP contribution is -2.31. The largest absolute Gasteiger partial charge is 0.481 e. The number of methoxy groups -OCH3 is 1. The maximum atomic E-state index is 11.5. The van der Waals surface area contributed by atoms with Crippen molar-refractivity contribution in [1.29, 1.82) is 5.26 Å². The number of hydrogen-bond donors (Lipinski definition) is 1. The van der Waals surface area contributed by atoms with E-state index in [0.717, 1.165) is 0 Å². The van der Waals surface area contributed by atoms with Gasteiger partial charge in [0.25, 0.3) is 0 Å². The van der Waals surface area contributed by atoms with Gasteiger partial charge in [0.2, 0.25) is 15.9 Å². The van der Waals surface area contributed by atoms with Crippen molar-refractivity contribution in [2.24, 2.45) is 0 Å². The molecule has 17 heavy (non-hydrogen) atoms. The Balaban J connectivity index is 2.65. The first-order chi connectivity index (χ1) is 7.99. The van der Waals surface area contributed by atoms with E-state index in [-0.39, 0.29) is 6.54 Å². The maximum absolute atomic E-state index is 11.5. The van der Waals surface area contributed by atoms with Crippen molar-refractivity contribution in [3.05, 3.63) is 23.9 Å². The minimum Gasteiger partial charge on any atom is -0.481 e. The van der Waals surface area contributed by atoms with Crippen LogP contribution in [0.25, 0.3) is 0 Å². The van der Waals surface area contributed by atoms with E-state index in [0.29, 0.717) is 11.4 Å². The number of sulfonamides is 1. The highest BCUT2D eigenvalue weighted by Gasteiger charge is 2.19. The van der Waals surface area contributed by atoms with Crippen LogP contribution in [0.4, 0.5) is 0 Å². The van der Waals surface area contributed by atoms with Crippen LogP contribution in [0.2, 0.25) is 0 Å². The number of ether oxygens (including phenoxy) is 1. The van der Waals surface area contributed by atoms with Crippen molar-refractivity contribution in [2.45, 2.75) is 18.7 Å². The Morgan fingerprint density at radius 3 is 2.76 bits per heavy atom. The van der Waals surface area contributed by atoms with Gasteiger partial charge in [-0.2, -0.15) is 5.26 Å². The fourth-order valence-corrected chi connectivity index (χ4v) is 1.77.